The van der Waals surface area contributed by atoms with E-state index in [4.69, 9.17) is 10.5 Å². The van der Waals surface area contributed by atoms with Crippen LogP contribution in [0.5, 0.6) is 0 Å². The second kappa shape index (κ2) is 6.13. The van der Waals surface area contributed by atoms with E-state index in [0.717, 1.165) is 19.6 Å². The van der Waals surface area contributed by atoms with E-state index in [1.165, 1.54) is 0 Å². The minimum atomic E-state index is -2.83. The van der Waals surface area contributed by atoms with Gasteiger partial charge in [-0.25, -0.2) is 8.42 Å². The molecule has 0 bridgehead atoms. The first-order chi connectivity index (χ1) is 7.96. The van der Waals surface area contributed by atoms with Gasteiger partial charge in [-0.3, -0.25) is 4.90 Å². The lowest BCUT2D eigenvalue weighted by Crippen LogP contribution is -2.56. The van der Waals surface area contributed by atoms with E-state index in [1.54, 1.807) is 7.11 Å². The number of sulfone groups is 1. The van der Waals surface area contributed by atoms with Crippen molar-refractivity contribution in [2.45, 2.75) is 24.8 Å². The van der Waals surface area contributed by atoms with E-state index in [0.29, 0.717) is 19.4 Å². The number of nitrogens with two attached hydrogens (primary N) is 1. The van der Waals surface area contributed by atoms with Crippen LogP contribution in [0.1, 0.15) is 19.3 Å². The second-order valence-corrected chi connectivity index (χ2v) is 7.15. The monoisotopic (exact) mass is 264 g/mol. The molecular formula is C11H24N2O3S. The molecule has 0 aliphatic carbocycles. The molecule has 0 unspecified atom stereocenters. The number of ether oxygens (including phenoxy) is 1. The summed E-state index contributed by atoms with van der Waals surface area (Å²) in [4.78, 5) is 2.21. The second-order valence-electron chi connectivity index (χ2n) is 4.85. The molecule has 0 aromatic heterocycles. The number of nitrogens with zero attached hydrogens (tertiary/aromatic N) is 1. The molecule has 0 spiro atoms. The van der Waals surface area contributed by atoms with Gasteiger partial charge in [0.05, 0.1) is 11.5 Å². The molecule has 5 nitrogen and oxygen atoms in total. The van der Waals surface area contributed by atoms with Crippen LogP contribution in [-0.4, -0.2) is 64.2 Å². The SMILES string of the molecule is COCCCN(C)C1(CN)CCS(=O)(=O)CC1. The van der Waals surface area contributed by atoms with Gasteiger partial charge in [-0.15, -0.1) is 0 Å². The molecule has 1 fully saturated rings. The van der Waals surface area contributed by atoms with E-state index in [-0.39, 0.29) is 17.0 Å². The summed E-state index contributed by atoms with van der Waals surface area (Å²) in [5.74, 6) is 0.525. The van der Waals surface area contributed by atoms with Gasteiger partial charge in [-0.2, -0.15) is 0 Å². The Balaban J connectivity index is 2.57. The largest absolute Gasteiger partial charge is 0.385 e. The minimum Gasteiger partial charge on any atom is -0.385 e. The lowest BCUT2D eigenvalue weighted by molar-refractivity contribution is 0.0968. The third kappa shape index (κ3) is 3.91. The maximum atomic E-state index is 11.5. The fourth-order valence-corrected chi connectivity index (χ4v) is 3.93. The summed E-state index contributed by atoms with van der Waals surface area (Å²) in [5, 5.41) is 0. The van der Waals surface area contributed by atoms with E-state index in [9.17, 15) is 8.42 Å². The van der Waals surface area contributed by atoms with Crippen molar-refractivity contribution in [3.63, 3.8) is 0 Å². The van der Waals surface area contributed by atoms with Gasteiger partial charge < -0.3 is 10.5 Å². The maximum Gasteiger partial charge on any atom is 0.150 e. The summed E-state index contributed by atoms with van der Waals surface area (Å²) in [5.41, 5.74) is 5.72. The zero-order chi connectivity index (χ0) is 12.9. The van der Waals surface area contributed by atoms with Gasteiger partial charge in [0, 0.05) is 32.3 Å². The van der Waals surface area contributed by atoms with Crippen molar-refractivity contribution in [1.29, 1.82) is 0 Å². The Morgan fingerprint density at radius 2 is 1.94 bits per heavy atom. The first-order valence-corrected chi connectivity index (χ1v) is 7.88. The molecule has 1 saturated heterocycles. The highest BCUT2D eigenvalue weighted by Gasteiger charge is 2.38. The van der Waals surface area contributed by atoms with Crippen LogP contribution in [0.4, 0.5) is 0 Å². The number of hydrogen-bond donors (Lipinski definition) is 1. The molecule has 1 aliphatic heterocycles. The average Bonchev–Trinajstić information content (AvgIpc) is 2.30. The zero-order valence-electron chi connectivity index (χ0n) is 10.8. The maximum absolute atomic E-state index is 11.5. The van der Waals surface area contributed by atoms with Crippen molar-refractivity contribution < 1.29 is 13.2 Å². The number of rotatable bonds is 6. The van der Waals surface area contributed by atoms with E-state index in [2.05, 4.69) is 4.90 Å². The standard InChI is InChI=1S/C11H24N2O3S/c1-13(6-3-7-16-2)11(10-12)4-8-17(14,15)9-5-11/h3-10,12H2,1-2H3. The molecule has 0 atom stereocenters. The number of methoxy groups -OCH3 is 1. The molecule has 1 aliphatic rings. The number of hydrogen-bond acceptors (Lipinski definition) is 5. The highest BCUT2D eigenvalue weighted by atomic mass is 32.2. The summed E-state index contributed by atoms with van der Waals surface area (Å²) < 4.78 is 27.9. The molecular weight excluding hydrogens is 240 g/mol. The van der Waals surface area contributed by atoms with Crippen LogP contribution in [0.25, 0.3) is 0 Å². The van der Waals surface area contributed by atoms with Gasteiger partial charge in [0.1, 0.15) is 9.84 Å². The summed E-state index contributed by atoms with van der Waals surface area (Å²) >= 11 is 0. The van der Waals surface area contributed by atoms with E-state index < -0.39 is 9.84 Å². The Morgan fingerprint density at radius 1 is 1.35 bits per heavy atom. The fourth-order valence-electron chi connectivity index (χ4n) is 2.34. The molecule has 0 saturated carbocycles. The predicted octanol–water partition coefficient (Wildman–Crippen LogP) is -0.139. The normalized spacial score (nSPS) is 22.8. The average molecular weight is 264 g/mol. The third-order valence-corrected chi connectivity index (χ3v) is 5.44. The Morgan fingerprint density at radius 3 is 2.41 bits per heavy atom. The van der Waals surface area contributed by atoms with Gasteiger partial charge >= 0.3 is 0 Å². The molecule has 1 heterocycles. The summed E-state index contributed by atoms with van der Waals surface area (Å²) in [7, 11) is 0.885. The number of likely N-dealkylation sites (N-methyl/N-ethyl adjacent to an activating group) is 1. The molecule has 0 radical (unpaired) electrons. The van der Waals surface area contributed by atoms with Crippen molar-refractivity contribution in [3.05, 3.63) is 0 Å². The summed E-state index contributed by atoms with van der Waals surface area (Å²) in [6, 6.07) is 0. The van der Waals surface area contributed by atoms with Gasteiger partial charge in [-0.1, -0.05) is 0 Å². The molecule has 0 aromatic rings. The van der Waals surface area contributed by atoms with Crippen LogP contribution < -0.4 is 5.73 Å². The molecule has 17 heavy (non-hydrogen) atoms. The minimum absolute atomic E-state index is 0.140. The topological polar surface area (TPSA) is 72.6 Å². The van der Waals surface area contributed by atoms with E-state index >= 15 is 0 Å². The Labute approximate surface area is 104 Å². The van der Waals surface area contributed by atoms with Gasteiger partial charge in [0.15, 0.2) is 0 Å². The van der Waals surface area contributed by atoms with Crippen LogP contribution >= 0.6 is 0 Å². The van der Waals surface area contributed by atoms with Crippen molar-refractivity contribution in [2.75, 3.05) is 45.4 Å². The van der Waals surface area contributed by atoms with Crippen molar-refractivity contribution in [3.8, 4) is 0 Å². The highest BCUT2D eigenvalue weighted by Crippen LogP contribution is 2.28. The van der Waals surface area contributed by atoms with Crippen molar-refractivity contribution >= 4 is 9.84 Å². The zero-order valence-corrected chi connectivity index (χ0v) is 11.6. The lowest BCUT2D eigenvalue weighted by atomic mass is 9.90. The third-order valence-electron chi connectivity index (χ3n) is 3.79. The Bertz CT molecular complexity index is 316. The van der Waals surface area contributed by atoms with Crippen LogP contribution in [-0.2, 0) is 14.6 Å². The fraction of sp³-hybridized carbons (Fsp3) is 1.00. The first-order valence-electron chi connectivity index (χ1n) is 6.06. The Hall–Kier alpha value is -0.170. The molecule has 6 heteroatoms. The van der Waals surface area contributed by atoms with Crippen LogP contribution in [0, 0.1) is 0 Å². The molecule has 0 aromatic carbocycles. The molecule has 2 N–H and O–H groups in total. The smallest absolute Gasteiger partial charge is 0.150 e. The summed E-state index contributed by atoms with van der Waals surface area (Å²) in [6.07, 6.45) is 2.24. The highest BCUT2D eigenvalue weighted by molar-refractivity contribution is 7.91. The van der Waals surface area contributed by atoms with Crippen LogP contribution in [0.3, 0.4) is 0 Å². The predicted molar refractivity (Wildman–Crippen MR) is 68.8 cm³/mol. The van der Waals surface area contributed by atoms with Gasteiger partial charge in [0.25, 0.3) is 0 Å². The molecule has 102 valence electrons. The van der Waals surface area contributed by atoms with Crippen LogP contribution in [0.2, 0.25) is 0 Å². The lowest BCUT2D eigenvalue weighted by Gasteiger charge is -2.43. The van der Waals surface area contributed by atoms with Crippen molar-refractivity contribution in [1.82, 2.24) is 4.90 Å². The van der Waals surface area contributed by atoms with Crippen molar-refractivity contribution in [2.24, 2.45) is 5.73 Å². The van der Waals surface area contributed by atoms with E-state index in [1.807, 2.05) is 7.05 Å². The van der Waals surface area contributed by atoms with Gasteiger partial charge in [0.2, 0.25) is 0 Å². The quantitative estimate of drug-likeness (QED) is 0.676. The summed E-state index contributed by atoms with van der Waals surface area (Å²) in [6.45, 7) is 2.14. The first kappa shape index (κ1) is 14.9. The van der Waals surface area contributed by atoms with Crippen LogP contribution in [0.15, 0.2) is 0 Å². The van der Waals surface area contributed by atoms with Gasteiger partial charge in [-0.05, 0) is 26.3 Å². The molecule has 0 amide bonds. The Kier molecular flexibility index (Phi) is 5.37. The molecule has 1 rings (SSSR count).